The molecule has 0 unspecified atom stereocenters. The van der Waals surface area contributed by atoms with Crippen LogP contribution in [0.2, 0.25) is 0 Å². The highest BCUT2D eigenvalue weighted by Gasteiger charge is 2.29. The smallest absolute Gasteiger partial charge is 0.303 e. The first-order valence-electron chi connectivity index (χ1n) is 18.3. The second-order valence-electron chi connectivity index (χ2n) is 13.4. The lowest BCUT2D eigenvalue weighted by molar-refractivity contribution is -0.138. The number of hydrogen-bond donors (Lipinski definition) is 7. The van der Waals surface area contributed by atoms with Crippen LogP contribution in [-0.2, 0) is 34.5 Å². The number of benzene rings is 1. The minimum Gasteiger partial charge on any atom is -0.481 e. The van der Waals surface area contributed by atoms with Crippen LogP contribution in [0.25, 0.3) is 0 Å². The molecule has 0 spiro atoms. The van der Waals surface area contributed by atoms with Crippen LogP contribution in [0.1, 0.15) is 96.5 Å². The first-order chi connectivity index (χ1) is 24.8. The molecule has 0 radical (unpaired) electrons. The summed E-state index contributed by atoms with van der Waals surface area (Å²) in [6.07, 6.45) is 4.43. The van der Waals surface area contributed by atoms with Gasteiger partial charge in [-0.05, 0) is 95.2 Å². The highest BCUT2D eigenvalue weighted by molar-refractivity contribution is 7.98. The molecule has 1 aromatic rings. The van der Waals surface area contributed by atoms with E-state index >= 15 is 0 Å². The van der Waals surface area contributed by atoms with Gasteiger partial charge in [-0.25, -0.2) is 4.39 Å². The van der Waals surface area contributed by atoms with Crippen LogP contribution >= 0.6 is 11.8 Å². The molecule has 16 heteroatoms. The van der Waals surface area contributed by atoms with Crippen molar-refractivity contribution in [3.8, 4) is 0 Å². The number of piperidine rings is 1. The van der Waals surface area contributed by atoms with Gasteiger partial charge in [0, 0.05) is 50.2 Å². The number of primary amides is 1. The van der Waals surface area contributed by atoms with E-state index in [1.54, 1.807) is 23.9 Å². The van der Waals surface area contributed by atoms with Gasteiger partial charge in [-0.1, -0.05) is 18.6 Å². The van der Waals surface area contributed by atoms with Crippen molar-refractivity contribution in [1.82, 2.24) is 26.2 Å². The molecule has 2 rings (SSSR count). The predicted octanol–water partition coefficient (Wildman–Crippen LogP) is 1.93. The van der Waals surface area contributed by atoms with Gasteiger partial charge in [0.2, 0.25) is 29.5 Å². The Hall–Kier alpha value is -3.76. The maximum Gasteiger partial charge on any atom is 0.303 e. The van der Waals surface area contributed by atoms with Crippen LogP contribution in [0.5, 0.6) is 0 Å². The molecule has 0 saturated carbocycles. The molecule has 292 valence electrons. The van der Waals surface area contributed by atoms with E-state index in [0.717, 1.165) is 30.6 Å². The van der Waals surface area contributed by atoms with Crippen LogP contribution in [0, 0.1) is 5.82 Å². The average molecular weight is 752 g/mol. The average Bonchev–Trinajstić information content (AvgIpc) is 3.09. The van der Waals surface area contributed by atoms with Gasteiger partial charge in [0.05, 0.1) is 0 Å². The summed E-state index contributed by atoms with van der Waals surface area (Å²) in [5, 5.41) is 19.9. The second-order valence-corrected chi connectivity index (χ2v) is 14.5. The second kappa shape index (κ2) is 24.5. The van der Waals surface area contributed by atoms with E-state index in [9.17, 15) is 38.3 Å². The van der Waals surface area contributed by atoms with Crippen LogP contribution < -0.4 is 32.7 Å². The number of thioether (sulfide) groups is 1. The summed E-state index contributed by atoms with van der Waals surface area (Å²) in [6.45, 7) is 5.54. The van der Waals surface area contributed by atoms with E-state index in [0.29, 0.717) is 56.7 Å². The molecule has 52 heavy (non-hydrogen) atoms. The normalized spacial score (nSPS) is 17.7. The van der Waals surface area contributed by atoms with Crippen molar-refractivity contribution in [2.75, 3.05) is 25.4 Å². The van der Waals surface area contributed by atoms with Crippen molar-refractivity contribution in [1.29, 1.82) is 0 Å². The Kier molecular flexibility index (Phi) is 20.9. The molecule has 5 amide bonds. The Balaban J connectivity index is 2.01. The van der Waals surface area contributed by atoms with E-state index in [-0.39, 0.29) is 43.8 Å². The molecule has 14 nitrogen and oxygen atoms in total. The fourth-order valence-corrected chi connectivity index (χ4v) is 7.01. The van der Waals surface area contributed by atoms with Crippen molar-refractivity contribution >= 4 is 47.3 Å². The van der Waals surface area contributed by atoms with Gasteiger partial charge in [-0.2, -0.15) is 11.8 Å². The standard InChI is InChI=1S/C36H58FN7O7S/c1-24-7-5-8-25(2)44(24)21-18-32(46)41-29(35(50)40-20-6-22-52-23-26-10-12-27(37)13-11-26)14-16-31(45)42-30(15-17-33(47)48)36(51)43-28(34(39)49)9-3-4-19-38/h10-13,24-25,28-30H,3-9,14-23,38H2,1-2H3,(H2,39,49)(H,40,50)(H,41,46)(H,42,45)(H,43,51)(H,47,48)/t24-,25+,28-,29-,30-/m0/s1. The van der Waals surface area contributed by atoms with E-state index in [2.05, 4.69) is 40.0 Å². The molecule has 0 bridgehead atoms. The third-order valence-electron chi connectivity index (χ3n) is 9.14. The van der Waals surface area contributed by atoms with Gasteiger partial charge in [-0.15, -0.1) is 0 Å². The highest BCUT2D eigenvalue weighted by atomic mass is 32.2. The SMILES string of the molecule is C[C@@H]1CCC[C@H](C)N1CCC(=O)N[C@@H](CCC(=O)N[C@@H](CCC(=O)O)C(=O)N[C@@H](CCCCN)C(N)=O)C(=O)NCCCSCc1ccc(F)cc1. The topological polar surface area (TPSA) is 226 Å². The van der Waals surface area contributed by atoms with E-state index in [4.69, 9.17) is 11.5 Å². The number of amides is 5. The van der Waals surface area contributed by atoms with Crippen molar-refractivity contribution < 1.29 is 38.3 Å². The zero-order valence-corrected chi connectivity index (χ0v) is 31.3. The molecule has 1 aliphatic heterocycles. The minimum atomic E-state index is -1.28. The quantitative estimate of drug-likeness (QED) is 0.0719. The fraction of sp³-hybridized carbons (Fsp3) is 0.667. The van der Waals surface area contributed by atoms with Gasteiger partial charge < -0.3 is 37.8 Å². The number of nitrogens with one attached hydrogen (secondary N) is 4. The first kappa shape index (κ1) is 44.4. The van der Waals surface area contributed by atoms with Crippen molar-refractivity contribution in [2.45, 2.75) is 127 Å². The number of nitrogens with zero attached hydrogens (tertiary/aromatic N) is 1. The Morgan fingerprint density at radius 1 is 0.846 bits per heavy atom. The number of nitrogens with two attached hydrogens (primary N) is 2. The zero-order chi connectivity index (χ0) is 38.5. The molecule has 1 heterocycles. The van der Waals surface area contributed by atoms with Crippen LogP contribution in [0.15, 0.2) is 24.3 Å². The summed E-state index contributed by atoms with van der Waals surface area (Å²) in [5.74, 6) is -2.99. The van der Waals surface area contributed by atoms with E-state index in [1.165, 1.54) is 12.1 Å². The third kappa shape index (κ3) is 17.6. The van der Waals surface area contributed by atoms with Crippen LogP contribution in [0.4, 0.5) is 4.39 Å². The number of rotatable bonds is 25. The summed E-state index contributed by atoms with van der Waals surface area (Å²) in [7, 11) is 0. The molecule has 1 aliphatic rings. The van der Waals surface area contributed by atoms with Gasteiger partial charge in [0.1, 0.15) is 23.9 Å². The fourth-order valence-electron chi connectivity index (χ4n) is 6.09. The summed E-state index contributed by atoms with van der Waals surface area (Å²) in [5.41, 5.74) is 11.9. The molecular weight excluding hydrogens is 694 g/mol. The molecule has 0 aliphatic carbocycles. The number of carboxylic acid groups (broad SMARTS) is 1. The van der Waals surface area contributed by atoms with Gasteiger partial charge in [0.15, 0.2) is 0 Å². The molecule has 1 fully saturated rings. The van der Waals surface area contributed by atoms with Crippen LogP contribution in [-0.4, -0.2) is 101 Å². The van der Waals surface area contributed by atoms with Crippen LogP contribution in [0.3, 0.4) is 0 Å². The number of carbonyl (C=O) groups is 6. The van der Waals surface area contributed by atoms with Crippen molar-refractivity contribution in [3.63, 3.8) is 0 Å². The lowest BCUT2D eigenvalue weighted by atomic mass is 9.97. The Bertz CT molecular complexity index is 1300. The monoisotopic (exact) mass is 751 g/mol. The zero-order valence-electron chi connectivity index (χ0n) is 30.5. The molecule has 9 N–H and O–H groups in total. The number of halogens is 1. The number of aliphatic carboxylic acids is 1. The van der Waals surface area contributed by atoms with Gasteiger partial charge in [-0.3, -0.25) is 33.7 Å². The lowest BCUT2D eigenvalue weighted by Gasteiger charge is -2.38. The highest BCUT2D eigenvalue weighted by Crippen LogP contribution is 2.22. The number of carboxylic acids is 1. The number of carbonyl (C=O) groups excluding carboxylic acids is 5. The van der Waals surface area contributed by atoms with Gasteiger partial charge in [0.25, 0.3) is 0 Å². The Morgan fingerprint density at radius 2 is 1.46 bits per heavy atom. The van der Waals surface area contributed by atoms with E-state index in [1.807, 2.05) is 0 Å². The Morgan fingerprint density at radius 3 is 2.08 bits per heavy atom. The van der Waals surface area contributed by atoms with Crippen molar-refractivity contribution in [3.05, 3.63) is 35.6 Å². The largest absolute Gasteiger partial charge is 0.481 e. The molecule has 1 aromatic carbocycles. The van der Waals surface area contributed by atoms with E-state index < -0.39 is 54.1 Å². The number of likely N-dealkylation sites (tertiary alicyclic amines) is 1. The third-order valence-corrected chi connectivity index (χ3v) is 10.3. The molecular formula is C36H58FN7O7S. The maximum absolute atomic E-state index is 13.3. The van der Waals surface area contributed by atoms with Gasteiger partial charge >= 0.3 is 5.97 Å². The summed E-state index contributed by atoms with van der Waals surface area (Å²) in [6, 6.07) is 3.63. The predicted molar refractivity (Wildman–Crippen MR) is 198 cm³/mol. The maximum atomic E-state index is 13.3. The van der Waals surface area contributed by atoms with Crippen molar-refractivity contribution in [2.24, 2.45) is 11.5 Å². The summed E-state index contributed by atoms with van der Waals surface area (Å²) >= 11 is 1.64. The first-order valence-corrected chi connectivity index (χ1v) is 19.4. The molecule has 5 atom stereocenters. The molecule has 1 saturated heterocycles. The lowest BCUT2D eigenvalue weighted by Crippen LogP contribution is -2.53. The number of unbranched alkanes of at least 4 members (excludes halogenated alkanes) is 1. The number of hydrogen-bond acceptors (Lipinski definition) is 9. The minimum absolute atomic E-state index is 0.0739. The summed E-state index contributed by atoms with van der Waals surface area (Å²) < 4.78 is 13.2. The Labute approximate surface area is 310 Å². The molecule has 0 aromatic heterocycles. The summed E-state index contributed by atoms with van der Waals surface area (Å²) in [4.78, 5) is 78.1.